The predicted molar refractivity (Wildman–Crippen MR) is 106 cm³/mol. The minimum Gasteiger partial charge on any atom is -0.333 e. The summed E-state index contributed by atoms with van der Waals surface area (Å²) in [6, 6.07) is 21.8. The summed E-state index contributed by atoms with van der Waals surface area (Å²) >= 11 is 6.04. The van der Waals surface area contributed by atoms with Gasteiger partial charge in [0.15, 0.2) is 0 Å². The zero-order chi connectivity index (χ0) is 19.3. The minimum absolute atomic E-state index is 0.0316. The number of nitrogens with one attached hydrogen (secondary N) is 2. The van der Waals surface area contributed by atoms with Crippen LogP contribution in [0.3, 0.4) is 0 Å². The second-order valence-corrected chi connectivity index (χ2v) is 7.80. The molecular weight excluding hydrogens is 384 g/mol. The number of amides is 2. The third-order valence-corrected chi connectivity index (χ3v) is 5.64. The molecule has 5 nitrogen and oxygen atoms in total. The Kier molecular flexibility index (Phi) is 5.78. The van der Waals surface area contributed by atoms with Gasteiger partial charge in [-0.05, 0) is 23.3 Å². The van der Waals surface area contributed by atoms with Crippen molar-refractivity contribution in [2.75, 3.05) is 0 Å². The Labute approximate surface area is 163 Å². The van der Waals surface area contributed by atoms with Crippen molar-refractivity contribution >= 4 is 27.7 Å². The number of urea groups is 1. The number of rotatable bonds is 5. The number of benzene rings is 3. The smallest absolute Gasteiger partial charge is 0.328 e. The fraction of sp³-hybridized carbons (Fsp3) is 0.0500. The van der Waals surface area contributed by atoms with Crippen LogP contribution < -0.4 is 10.0 Å². The molecule has 27 heavy (non-hydrogen) atoms. The van der Waals surface area contributed by atoms with Crippen LogP contribution in [0.2, 0.25) is 5.02 Å². The van der Waals surface area contributed by atoms with E-state index in [2.05, 4.69) is 10.0 Å². The van der Waals surface area contributed by atoms with Gasteiger partial charge < -0.3 is 5.32 Å². The van der Waals surface area contributed by atoms with Crippen molar-refractivity contribution < 1.29 is 13.2 Å². The lowest BCUT2D eigenvalue weighted by Crippen LogP contribution is -2.39. The summed E-state index contributed by atoms with van der Waals surface area (Å²) in [6.45, 7) is 0.112. The maximum absolute atomic E-state index is 12.7. The summed E-state index contributed by atoms with van der Waals surface area (Å²) in [7, 11) is -4.05. The highest BCUT2D eigenvalue weighted by Gasteiger charge is 2.21. The first-order valence-electron chi connectivity index (χ1n) is 8.16. The SMILES string of the molecule is O=C(NCc1ccccc1Cl)NS(=O)(=O)c1ccccc1-c1ccccc1. The number of carbonyl (C=O) groups excluding carboxylic acids is 1. The summed E-state index contributed by atoms with van der Waals surface area (Å²) in [4.78, 5) is 12.2. The molecule has 0 bridgehead atoms. The van der Waals surface area contributed by atoms with Gasteiger partial charge in [0.1, 0.15) is 0 Å². The van der Waals surface area contributed by atoms with E-state index in [9.17, 15) is 13.2 Å². The first kappa shape index (κ1) is 18.9. The maximum atomic E-state index is 12.7. The van der Waals surface area contributed by atoms with Gasteiger partial charge in [-0.25, -0.2) is 17.9 Å². The molecule has 0 heterocycles. The molecule has 0 radical (unpaired) electrons. The topological polar surface area (TPSA) is 75.3 Å². The Morgan fingerprint density at radius 2 is 1.48 bits per heavy atom. The normalized spacial score (nSPS) is 11.0. The van der Waals surface area contributed by atoms with Gasteiger partial charge in [0, 0.05) is 17.1 Å². The number of hydrogen-bond acceptors (Lipinski definition) is 3. The predicted octanol–water partition coefficient (Wildman–Crippen LogP) is 4.20. The van der Waals surface area contributed by atoms with Crippen molar-refractivity contribution in [1.29, 1.82) is 0 Å². The zero-order valence-electron chi connectivity index (χ0n) is 14.2. The van der Waals surface area contributed by atoms with Crippen LogP contribution in [0.4, 0.5) is 4.79 Å². The molecule has 0 aromatic heterocycles. The highest BCUT2D eigenvalue weighted by atomic mass is 35.5. The van der Waals surface area contributed by atoms with E-state index >= 15 is 0 Å². The van der Waals surface area contributed by atoms with Gasteiger partial charge in [-0.2, -0.15) is 0 Å². The van der Waals surface area contributed by atoms with Crippen molar-refractivity contribution in [3.63, 3.8) is 0 Å². The van der Waals surface area contributed by atoms with E-state index in [0.717, 1.165) is 5.56 Å². The van der Waals surface area contributed by atoms with Crippen LogP contribution in [0.5, 0.6) is 0 Å². The molecule has 0 atom stereocenters. The van der Waals surface area contributed by atoms with E-state index < -0.39 is 16.1 Å². The Morgan fingerprint density at radius 3 is 2.22 bits per heavy atom. The van der Waals surface area contributed by atoms with E-state index in [0.29, 0.717) is 16.1 Å². The molecule has 138 valence electrons. The van der Waals surface area contributed by atoms with Crippen LogP contribution in [0.25, 0.3) is 11.1 Å². The highest BCUT2D eigenvalue weighted by Crippen LogP contribution is 2.26. The second-order valence-electron chi connectivity index (χ2n) is 5.74. The molecule has 0 aliphatic carbocycles. The summed E-state index contributed by atoms with van der Waals surface area (Å²) < 4.78 is 27.5. The molecule has 0 spiro atoms. The lowest BCUT2D eigenvalue weighted by molar-refractivity contribution is 0.245. The number of carbonyl (C=O) groups is 1. The molecule has 0 saturated carbocycles. The molecule has 2 amide bonds. The van der Waals surface area contributed by atoms with E-state index in [-0.39, 0.29) is 11.4 Å². The number of sulfonamides is 1. The van der Waals surface area contributed by atoms with Gasteiger partial charge >= 0.3 is 6.03 Å². The fourth-order valence-electron chi connectivity index (χ4n) is 2.59. The number of halogens is 1. The van der Waals surface area contributed by atoms with Gasteiger partial charge in [0.25, 0.3) is 10.0 Å². The van der Waals surface area contributed by atoms with Crippen LogP contribution in [0, 0.1) is 0 Å². The van der Waals surface area contributed by atoms with Crippen molar-refractivity contribution in [3.8, 4) is 11.1 Å². The molecule has 0 aliphatic heterocycles. The molecule has 3 aromatic carbocycles. The highest BCUT2D eigenvalue weighted by molar-refractivity contribution is 7.90. The molecule has 0 aliphatic rings. The maximum Gasteiger partial charge on any atom is 0.328 e. The molecule has 2 N–H and O–H groups in total. The van der Waals surface area contributed by atoms with Crippen LogP contribution >= 0.6 is 11.6 Å². The molecule has 0 saturated heterocycles. The van der Waals surface area contributed by atoms with Gasteiger partial charge in [-0.15, -0.1) is 0 Å². The lowest BCUT2D eigenvalue weighted by Gasteiger charge is -2.13. The molecule has 0 unspecified atom stereocenters. The van der Waals surface area contributed by atoms with E-state index in [4.69, 9.17) is 11.6 Å². The molecular formula is C20H17ClN2O3S. The van der Waals surface area contributed by atoms with Crippen LogP contribution in [-0.4, -0.2) is 14.4 Å². The first-order valence-corrected chi connectivity index (χ1v) is 10.0. The van der Waals surface area contributed by atoms with Gasteiger partial charge in [0.05, 0.1) is 4.90 Å². The molecule has 3 rings (SSSR count). The van der Waals surface area contributed by atoms with Crippen LogP contribution in [0.15, 0.2) is 83.8 Å². The van der Waals surface area contributed by atoms with Crippen molar-refractivity contribution in [2.45, 2.75) is 11.4 Å². The standard InChI is InChI=1S/C20H17ClN2O3S/c21-18-12-6-4-10-16(18)14-22-20(24)23-27(25,26)19-13-7-5-11-17(19)15-8-2-1-3-9-15/h1-13H,14H2,(H2,22,23,24). The van der Waals surface area contributed by atoms with Gasteiger partial charge in [-0.1, -0.05) is 78.3 Å². The van der Waals surface area contributed by atoms with Crippen molar-refractivity contribution in [1.82, 2.24) is 10.0 Å². The van der Waals surface area contributed by atoms with Crippen molar-refractivity contribution in [3.05, 3.63) is 89.4 Å². The second kappa shape index (κ2) is 8.24. The van der Waals surface area contributed by atoms with Crippen molar-refractivity contribution in [2.24, 2.45) is 0 Å². The Morgan fingerprint density at radius 1 is 0.852 bits per heavy atom. The summed E-state index contributed by atoms with van der Waals surface area (Å²) in [6.07, 6.45) is 0. The monoisotopic (exact) mass is 400 g/mol. The van der Waals surface area contributed by atoms with Crippen LogP contribution in [0.1, 0.15) is 5.56 Å². The summed E-state index contributed by atoms with van der Waals surface area (Å²) in [5, 5.41) is 3.01. The average Bonchev–Trinajstić information content (AvgIpc) is 2.68. The molecule has 0 fully saturated rings. The first-order chi connectivity index (χ1) is 13.0. The molecule has 7 heteroatoms. The Bertz CT molecular complexity index is 1050. The summed E-state index contributed by atoms with van der Waals surface area (Å²) in [5.74, 6) is 0. The fourth-order valence-corrected chi connectivity index (χ4v) is 3.95. The molecule has 3 aromatic rings. The Balaban J connectivity index is 1.77. The summed E-state index contributed by atoms with van der Waals surface area (Å²) in [5.41, 5.74) is 1.95. The van der Waals surface area contributed by atoms with E-state index in [1.807, 2.05) is 30.3 Å². The van der Waals surface area contributed by atoms with E-state index in [1.54, 1.807) is 42.5 Å². The number of hydrogen-bond donors (Lipinski definition) is 2. The Hall–Kier alpha value is -2.83. The van der Waals surface area contributed by atoms with E-state index in [1.165, 1.54) is 6.07 Å². The zero-order valence-corrected chi connectivity index (χ0v) is 15.8. The third-order valence-electron chi connectivity index (χ3n) is 3.89. The largest absolute Gasteiger partial charge is 0.333 e. The minimum atomic E-state index is -4.05. The van der Waals surface area contributed by atoms with Gasteiger partial charge in [-0.3, -0.25) is 0 Å². The lowest BCUT2D eigenvalue weighted by atomic mass is 10.1. The third kappa shape index (κ3) is 4.67. The average molecular weight is 401 g/mol. The van der Waals surface area contributed by atoms with Crippen LogP contribution in [-0.2, 0) is 16.6 Å². The van der Waals surface area contributed by atoms with Gasteiger partial charge in [0.2, 0.25) is 0 Å². The quantitative estimate of drug-likeness (QED) is 0.674.